The van der Waals surface area contributed by atoms with Crippen molar-refractivity contribution in [3.05, 3.63) is 11.1 Å². The van der Waals surface area contributed by atoms with Gasteiger partial charge in [-0.05, 0) is 32.6 Å². The van der Waals surface area contributed by atoms with Gasteiger partial charge in [0.15, 0.2) is 5.13 Å². The molecule has 1 aromatic heterocycles. The molecule has 0 spiro atoms. The zero-order valence-electron chi connectivity index (χ0n) is 13.2. The fraction of sp³-hybridized carbons (Fsp3) is 0.733. The van der Waals surface area contributed by atoms with Crippen LogP contribution in [0.2, 0.25) is 0 Å². The van der Waals surface area contributed by atoms with Crippen molar-refractivity contribution in [3.63, 3.8) is 0 Å². The van der Waals surface area contributed by atoms with Gasteiger partial charge >= 0.3 is 6.03 Å². The van der Waals surface area contributed by atoms with Crippen LogP contribution in [0.15, 0.2) is 5.38 Å². The summed E-state index contributed by atoms with van der Waals surface area (Å²) in [5.41, 5.74) is 1.04. The first-order valence-corrected chi connectivity index (χ1v) is 8.91. The van der Waals surface area contributed by atoms with Crippen LogP contribution in [-0.4, -0.2) is 48.4 Å². The maximum absolute atomic E-state index is 11.7. The molecule has 1 atom stereocenters. The molecule has 1 unspecified atom stereocenters. The van der Waals surface area contributed by atoms with Crippen LogP contribution in [0.1, 0.15) is 38.3 Å². The van der Waals surface area contributed by atoms with Crippen molar-refractivity contribution >= 4 is 22.5 Å². The summed E-state index contributed by atoms with van der Waals surface area (Å²) in [6, 6.07) is -0.0753. The molecule has 0 aliphatic carbocycles. The number of aromatic nitrogens is 1. The summed E-state index contributed by atoms with van der Waals surface area (Å²) in [5, 5.41) is 17.7. The maximum atomic E-state index is 11.7. The zero-order chi connectivity index (χ0) is 15.8. The first kappa shape index (κ1) is 17.0. The number of carbonyl (C=O) groups is 1. The molecule has 6 nitrogen and oxygen atoms in total. The Morgan fingerprint density at radius 1 is 1.50 bits per heavy atom. The largest absolute Gasteiger partial charge is 0.396 e. The van der Waals surface area contributed by atoms with E-state index in [1.54, 1.807) is 11.3 Å². The highest BCUT2D eigenvalue weighted by molar-refractivity contribution is 7.13. The second-order valence-electron chi connectivity index (χ2n) is 5.73. The van der Waals surface area contributed by atoms with Crippen molar-refractivity contribution in [2.24, 2.45) is 0 Å². The van der Waals surface area contributed by atoms with E-state index in [0.717, 1.165) is 36.8 Å². The third-order valence-electron chi connectivity index (χ3n) is 3.76. The van der Waals surface area contributed by atoms with Crippen LogP contribution in [0.4, 0.5) is 9.93 Å². The minimum atomic E-state index is -0.152. The lowest BCUT2D eigenvalue weighted by Gasteiger charge is -2.14. The van der Waals surface area contributed by atoms with E-state index in [2.05, 4.69) is 25.9 Å². The van der Waals surface area contributed by atoms with Crippen LogP contribution >= 0.6 is 11.3 Å². The molecule has 0 saturated carbocycles. The quantitative estimate of drug-likeness (QED) is 0.680. The first-order valence-electron chi connectivity index (χ1n) is 8.03. The number of thiazole rings is 1. The minimum absolute atomic E-state index is 0.0770. The van der Waals surface area contributed by atoms with Crippen molar-refractivity contribution in [1.82, 2.24) is 15.6 Å². The van der Waals surface area contributed by atoms with E-state index in [1.165, 1.54) is 12.8 Å². The van der Waals surface area contributed by atoms with Gasteiger partial charge in [-0.1, -0.05) is 0 Å². The van der Waals surface area contributed by atoms with E-state index in [4.69, 9.17) is 5.11 Å². The van der Waals surface area contributed by atoms with Gasteiger partial charge in [0.2, 0.25) is 0 Å². The van der Waals surface area contributed by atoms with Crippen molar-refractivity contribution in [2.45, 2.75) is 45.1 Å². The highest BCUT2D eigenvalue weighted by Crippen LogP contribution is 2.24. The lowest BCUT2D eigenvalue weighted by atomic mass is 10.2. The van der Waals surface area contributed by atoms with E-state index in [1.807, 2.05) is 6.92 Å². The van der Waals surface area contributed by atoms with Gasteiger partial charge in [-0.3, -0.25) is 0 Å². The molecule has 1 saturated heterocycles. The average molecular weight is 326 g/mol. The third-order valence-corrected chi connectivity index (χ3v) is 4.71. The van der Waals surface area contributed by atoms with Crippen LogP contribution in [0.25, 0.3) is 0 Å². The molecule has 2 heterocycles. The number of rotatable bonds is 8. The Labute approximate surface area is 135 Å². The summed E-state index contributed by atoms with van der Waals surface area (Å²) >= 11 is 1.69. The first-order chi connectivity index (χ1) is 10.7. The molecule has 1 aliphatic heterocycles. The van der Waals surface area contributed by atoms with Gasteiger partial charge in [0.05, 0.1) is 5.69 Å². The number of amides is 2. The highest BCUT2D eigenvalue weighted by Gasteiger charge is 2.15. The molecule has 22 heavy (non-hydrogen) atoms. The molecule has 3 N–H and O–H groups in total. The SMILES string of the molecule is CC(CCCO)NC(=O)NCCc1csc(N2CCCC2)n1. The van der Waals surface area contributed by atoms with E-state index in [-0.39, 0.29) is 18.7 Å². The molecule has 0 radical (unpaired) electrons. The summed E-state index contributed by atoms with van der Waals surface area (Å²) in [4.78, 5) is 18.7. The van der Waals surface area contributed by atoms with Crippen LogP contribution in [0.5, 0.6) is 0 Å². The Bertz CT molecular complexity index is 460. The van der Waals surface area contributed by atoms with Crippen LogP contribution in [0.3, 0.4) is 0 Å². The molecule has 2 rings (SSSR count). The molecule has 1 aromatic rings. The molecule has 0 bridgehead atoms. The standard InChI is InChI=1S/C15H26N4O2S/c1-12(5-4-10-20)17-14(21)16-7-6-13-11-22-15(18-13)19-8-2-3-9-19/h11-12,20H,2-10H2,1H3,(H2,16,17,21). The molecule has 7 heteroatoms. The monoisotopic (exact) mass is 326 g/mol. The second-order valence-corrected chi connectivity index (χ2v) is 6.57. The number of urea groups is 1. The van der Waals surface area contributed by atoms with Crippen molar-refractivity contribution in [2.75, 3.05) is 31.1 Å². The number of nitrogens with one attached hydrogen (secondary N) is 2. The Morgan fingerprint density at radius 2 is 2.27 bits per heavy atom. The molecule has 1 aliphatic rings. The number of aliphatic hydroxyl groups is 1. The predicted octanol–water partition coefficient (Wildman–Crippen LogP) is 1.75. The number of anilines is 1. The van der Waals surface area contributed by atoms with Crippen molar-refractivity contribution in [1.29, 1.82) is 0 Å². The summed E-state index contributed by atoms with van der Waals surface area (Å²) in [6.45, 7) is 4.91. The number of hydrogen-bond acceptors (Lipinski definition) is 5. The number of nitrogens with zero attached hydrogens (tertiary/aromatic N) is 2. The van der Waals surface area contributed by atoms with E-state index >= 15 is 0 Å². The van der Waals surface area contributed by atoms with Gasteiger partial charge in [-0.25, -0.2) is 9.78 Å². The summed E-state index contributed by atoms with van der Waals surface area (Å²) in [7, 11) is 0. The Hall–Kier alpha value is -1.34. The maximum Gasteiger partial charge on any atom is 0.315 e. The lowest BCUT2D eigenvalue weighted by Crippen LogP contribution is -2.41. The van der Waals surface area contributed by atoms with Gasteiger partial charge in [0.1, 0.15) is 0 Å². The van der Waals surface area contributed by atoms with E-state index in [9.17, 15) is 4.79 Å². The Kier molecular flexibility index (Phi) is 6.92. The van der Waals surface area contributed by atoms with Gasteiger partial charge in [0, 0.05) is 44.1 Å². The van der Waals surface area contributed by atoms with E-state index < -0.39 is 0 Å². The molecule has 2 amide bonds. The van der Waals surface area contributed by atoms with Crippen molar-refractivity contribution < 1.29 is 9.90 Å². The molecule has 0 aromatic carbocycles. The lowest BCUT2D eigenvalue weighted by molar-refractivity contribution is 0.234. The van der Waals surface area contributed by atoms with Crippen LogP contribution in [-0.2, 0) is 6.42 Å². The molecular formula is C15H26N4O2S. The van der Waals surface area contributed by atoms with Gasteiger partial charge in [-0.15, -0.1) is 11.3 Å². The summed E-state index contributed by atoms with van der Waals surface area (Å²) in [5.74, 6) is 0. The number of hydrogen-bond donors (Lipinski definition) is 3. The number of aliphatic hydroxyl groups excluding tert-OH is 1. The zero-order valence-corrected chi connectivity index (χ0v) is 14.0. The predicted molar refractivity (Wildman–Crippen MR) is 89.6 cm³/mol. The normalized spacial score (nSPS) is 15.8. The van der Waals surface area contributed by atoms with Crippen LogP contribution in [0, 0.1) is 0 Å². The summed E-state index contributed by atoms with van der Waals surface area (Å²) in [6.07, 6.45) is 4.76. The Morgan fingerprint density at radius 3 is 3.00 bits per heavy atom. The number of carbonyl (C=O) groups excluding carboxylic acids is 1. The average Bonchev–Trinajstić information content (AvgIpc) is 3.15. The molecule has 1 fully saturated rings. The Balaban J connectivity index is 1.64. The molecule has 124 valence electrons. The smallest absolute Gasteiger partial charge is 0.315 e. The topological polar surface area (TPSA) is 77.5 Å². The minimum Gasteiger partial charge on any atom is -0.396 e. The second kappa shape index (κ2) is 8.95. The molecular weight excluding hydrogens is 300 g/mol. The fourth-order valence-corrected chi connectivity index (χ4v) is 3.43. The van der Waals surface area contributed by atoms with Gasteiger partial charge < -0.3 is 20.6 Å². The fourth-order valence-electron chi connectivity index (χ4n) is 2.51. The highest BCUT2D eigenvalue weighted by atomic mass is 32.1. The summed E-state index contributed by atoms with van der Waals surface area (Å²) < 4.78 is 0. The van der Waals surface area contributed by atoms with Crippen LogP contribution < -0.4 is 15.5 Å². The van der Waals surface area contributed by atoms with Gasteiger partial charge in [0.25, 0.3) is 0 Å². The van der Waals surface area contributed by atoms with Gasteiger partial charge in [-0.2, -0.15) is 0 Å². The van der Waals surface area contributed by atoms with Crippen molar-refractivity contribution in [3.8, 4) is 0 Å². The van der Waals surface area contributed by atoms with E-state index in [0.29, 0.717) is 13.0 Å². The third kappa shape index (κ3) is 5.46.